The number of carbonyl (C=O) groups excluding carboxylic acids is 1. The van der Waals surface area contributed by atoms with E-state index in [2.05, 4.69) is 78.0 Å². The van der Waals surface area contributed by atoms with E-state index in [4.69, 9.17) is 19.7 Å². The number of fused-ring (bicyclic) bond motifs is 1. The molecule has 304 valence electrons. The molecule has 2 fully saturated rings. The van der Waals surface area contributed by atoms with E-state index in [0.29, 0.717) is 35.4 Å². The monoisotopic (exact) mass is 777 g/mol. The van der Waals surface area contributed by atoms with Gasteiger partial charge in [-0.15, -0.1) is 0 Å². The normalized spacial score (nSPS) is 14.5. The molecule has 57 heavy (non-hydrogen) atoms. The molecule has 1 amide bonds. The molecular formula is C46H60FN7O3. The molecule has 2 saturated heterocycles. The molecular weight excluding hydrogens is 718 g/mol. The van der Waals surface area contributed by atoms with Crippen LogP contribution in [0.3, 0.4) is 0 Å². The van der Waals surface area contributed by atoms with Gasteiger partial charge in [-0.2, -0.15) is 5.26 Å². The van der Waals surface area contributed by atoms with Gasteiger partial charge in [0.1, 0.15) is 18.2 Å². The smallest absolute Gasteiger partial charge is 0.213 e. The SMILES string of the molecule is C=Cc1cc(NC=O)ccc1NC.CC.CCC.C[C@@H]1CCO1.Cc1ccc2nc(CN3CCC(c4cccc(OCc5ccc(C#N)cc5F)n4)CC3)[nH]c2c1. The van der Waals surface area contributed by atoms with E-state index in [0.717, 1.165) is 78.6 Å². The number of H-pyrrole nitrogens is 1. The number of piperidine rings is 1. The number of ether oxygens (including phenoxy) is 2. The summed E-state index contributed by atoms with van der Waals surface area (Å²) in [6.45, 7) is 19.9. The summed E-state index contributed by atoms with van der Waals surface area (Å²) in [5.74, 6) is 1.41. The molecule has 0 bridgehead atoms. The maximum absolute atomic E-state index is 14.1. The van der Waals surface area contributed by atoms with Crippen LogP contribution in [0, 0.1) is 24.1 Å². The van der Waals surface area contributed by atoms with Crippen molar-refractivity contribution in [3.63, 3.8) is 0 Å². The molecule has 3 N–H and O–H groups in total. The number of nitriles is 1. The molecule has 2 aliphatic heterocycles. The summed E-state index contributed by atoms with van der Waals surface area (Å²) in [6, 6.07) is 24.0. The van der Waals surface area contributed by atoms with Crippen LogP contribution in [0.15, 0.2) is 79.4 Å². The molecule has 2 aromatic heterocycles. The molecule has 5 aromatic rings. The van der Waals surface area contributed by atoms with Gasteiger partial charge in [0.05, 0.1) is 35.3 Å². The summed E-state index contributed by atoms with van der Waals surface area (Å²) in [5, 5.41) is 14.5. The van der Waals surface area contributed by atoms with Gasteiger partial charge in [0.25, 0.3) is 0 Å². The van der Waals surface area contributed by atoms with E-state index in [-0.39, 0.29) is 6.61 Å². The van der Waals surface area contributed by atoms with E-state index < -0.39 is 5.82 Å². The molecule has 0 saturated carbocycles. The summed E-state index contributed by atoms with van der Waals surface area (Å²) in [7, 11) is 1.84. The molecule has 1 atom stereocenters. The number of benzene rings is 3. The number of rotatable bonds is 10. The summed E-state index contributed by atoms with van der Waals surface area (Å²) in [4.78, 5) is 25.5. The van der Waals surface area contributed by atoms with Gasteiger partial charge in [-0.1, -0.05) is 65.0 Å². The van der Waals surface area contributed by atoms with Crippen molar-refractivity contribution in [2.75, 3.05) is 37.4 Å². The number of anilines is 2. The first-order valence-electron chi connectivity index (χ1n) is 19.9. The van der Waals surface area contributed by atoms with Crippen molar-refractivity contribution in [2.45, 2.75) is 92.4 Å². The largest absolute Gasteiger partial charge is 0.473 e. The third-order valence-corrected chi connectivity index (χ3v) is 9.06. The predicted octanol–water partition coefficient (Wildman–Crippen LogP) is 10.4. The van der Waals surface area contributed by atoms with Crippen molar-refractivity contribution < 1.29 is 18.7 Å². The van der Waals surface area contributed by atoms with E-state index in [1.54, 1.807) is 24.3 Å². The van der Waals surface area contributed by atoms with Crippen LogP contribution in [0.2, 0.25) is 0 Å². The predicted molar refractivity (Wildman–Crippen MR) is 231 cm³/mol. The molecule has 0 aliphatic carbocycles. The van der Waals surface area contributed by atoms with Gasteiger partial charge in [-0.3, -0.25) is 9.69 Å². The highest BCUT2D eigenvalue weighted by Crippen LogP contribution is 2.29. The third-order valence-electron chi connectivity index (χ3n) is 9.06. The van der Waals surface area contributed by atoms with Crippen molar-refractivity contribution in [1.82, 2.24) is 19.9 Å². The number of pyridine rings is 1. The lowest BCUT2D eigenvalue weighted by atomic mass is 9.93. The van der Waals surface area contributed by atoms with E-state index in [1.165, 1.54) is 24.5 Å². The number of amides is 1. The minimum atomic E-state index is -0.442. The highest BCUT2D eigenvalue weighted by molar-refractivity contribution is 5.77. The van der Waals surface area contributed by atoms with Crippen LogP contribution in [0.25, 0.3) is 17.1 Å². The lowest BCUT2D eigenvalue weighted by Crippen LogP contribution is -2.33. The minimum absolute atomic E-state index is 0.0729. The third kappa shape index (κ3) is 14.8. The summed E-state index contributed by atoms with van der Waals surface area (Å²) < 4.78 is 24.8. The second-order valence-electron chi connectivity index (χ2n) is 13.6. The second-order valence-corrected chi connectivity index (χ2v) is 13.6. The number of aryl methyl sites for hydroxylation is 1. The average Bonchev–Trinajstić information content (AvgIpc) is 3.62. The number of hydrogen-bond donors (Lipinski definition) is 3. The van der Waals surface area contributed by atoms with Crippen LogP contribution in [-0.4, -0.2) is 59.1 Å². The zero-order chi connectivity index (χ0) is 41.6. The highest BCUT2D eigenvalue weighted by Gasteiger charge is 2.23. The Morgan fingerprint density at radius 3 is 2.37 bits per heavy atom. The molecule has 0 radical (unpaired) electrons. The zero-order valence-electron chi connectivity index (χ0n) is 34.7. The number of halogens is 1. The molecule has 0 spiro atoms. The van der Waals surface area contributed by atoms with E-state index in [9.17, 15) is 9.18 Å². The number of nitrogens with zero attached hydrogens (tertiary/aromatic N) is 4. The molecule has 10 nitrogen and oxygen atoms in total. The summed E-state index contributed by atoms with van der Waals surface area (Å²) in [5.41, 5.74) is 7.76. The molecule has 7 rings (SSSR count). The maximum atomic E-state index is 14.1. The van der Waals surface area contributed by atoms with Crippen LogP contribution in [0.4, 0.5) is 15.8 Å². The fraction of sp³-hybridized carbons (Fsp3) is 0.391. The Balaban J connectivity index is 0.000000310. The summed E-state index contributed by atoms with van der Waals surface area (Å²) in [6.07, 6.45) is 7.50. The Labute approximate surface area is 338 Å². The van der Waals surface area contributed by atoms with Gasteiger partial charge in [0, 0.05) is 48.3 Å². The number of aromatic nitrogens is 3. The van der Waals surface area contributed by atoms with Crippen LogP contribution in [0.1, 0.15) is 100.0 Å². The van der Waals surface area contributed by atoms with E-state index >= 15 is 0 Å². The molecule has 4 heterocycles. The van der Waals surface area contributed by atoms with Crippen LogP contribution < -0.4 is 15.4 Å². The number of imidazole rings is 1. The Morgan fingerprint density at radius 2 is 1.77 bits per heavy atom. The summed E-state index contributed by atoms with van der Waals surface area (Å²) >= 11 is 0. The van der Waals surface area contributed by atoms with Crippen LogP contribution in [0.5, 0.6) is 5.88 Å². The van der Waals surface area contributed by atoms with Crippen molar-refractivity contribution in [3.05, 3.63) is 119 Å². The average molecular weight is 778 g/mol. The number of nitrogens with one attached hydrogen (secondary N) is 3. The fourth-order valence-electron chi connectivity index (χ4n) is 5.94. The standard InChI is InChI=1S/C27H26FN5O.C10H12N2O.C4H8O.C3H8.C2H6/c1-18-5-8-24-25(13-18)31-26(30-24)16-33-11-9-20(10-12-33)23-3-2-4-27(32-23)34-17-21-7-6-19(15-29)14-22(21)28;1-3-8-6-9(12-7-13)4-5-10(8)11-2;1-4-2-3-5-4;1-3-2;1-2/h2-8,13-14,20H,9-12,16-17H2,1H3,(H,30,31);3-7,11H,1H2,2H3,(H,12,13);4H,2-3H2,1H3;3H2,1-2H3;1-2H3/t;;4-;;/m..1../s1. The van der Waals surface area contributed by atoms with E-state index in [1.807, 2.05) is 57.3 Å². The Bertz CT molecular complexity index is 2010. The highest BCUT2D eigenvalue weighted by atomic mass is 19.1. The molecule has 0 unspecified atom stereocenters. The van der Waals surface area contributed by atoms with Gasteiger partial charge < -0.3 is 25.1 Å². The topological polar surface area (TPSA) is 128 Å². The van der Waals surface area contributed by atoms with Crippen molar-refractivity contribution >= 4 is 34.9 Å². The Kier molecular flexibility index (Phi) is 20.0. The van der Waals surface area contributed by atoms with Gasteiger partial charge in [0.15, 0.2) is 0 Å². The quantitative estimate of drug-likeness (QED) is 0.120. The van der Waals surface area contributed by atoms with Crippen LogP contribution in [-0.2, 0) is 22.7 Å². The number of likely N-dealkylation sites (tertiary alicyclic amines) is 1. The van der Waals surface area contributed by atoms with Crippen molar-refractivity contribution in [3.8, 4) is 11.9 Å². The first kappa shape index (κ1) is 45.8. The molecule has 2 aliphatic rings. The van der Waals surface area contributed by atoms with Crippen LogP contribution >= 0.6 is 0 Å². The fourth-order valence-corrected chi connectivity index (χ4v) is 5.94. The Hall–Kier alpha value is -5.57. The van der Waals surface area contributed by atoms with Crippen molar-refractivity contribution in [2.24, 2.45) is 0 Å². The second kappa shape index (κ2) is 24.8. The Morgan fingerprint density at radius 1 is 1.05 bits per heavy atom. The first-order valence-corrected chi connectivity index (χ1v) is 19.9. The van der Waals surface area contributed by atoms with Crippen molar-refractivity contribution in [1.29, 1.82) is 5.26 Å². The molecule has 3 aromatic carbocycles. The maximum Gasteiger partial charge on any atom is 0.213 e. The lowest BCUT2D eigenvalue weighted by molar-refractivity contribution is -0.105. The minimum Gasteiger partial charge on any atom is -0.473 e. The lowest BCUT2D eigenvalue weighted by Gasteiger charge is -2.31. The number of aromatic amines is 1. The van der Waals surface area contributed by atoms with Gasteiger partial charge in [-0.05, 0) is 106 Å². The number of carbonyl (C=O) groups is 1. The van der Waals surface area contributed by atoms with Gasteiger partial charge in [0.2, 0.25) is 12.3 Å². The van der Waals surface area contributed by atoms with Gasteiger partial charge >= 0.3 is 0 Å². The van der Waals surface area contributed by atoms with Gasteiger partial charge in [-0.25, -0.2) is 14.4 Å². The molecule has 11 heteroatoms. The first-order chi connectivity index (χ1) is 27.7. The zero-order valence-corrected chi connectivity index (χ0v) is 34.7. The number of hydrogen-bond acceptors (Lipinski definition) is 8.